The number of carbonyl (C=O) groups excluding carboxylic acids is 1. The molecule has 2 aromatic carbocycles. The number of thiazole rings is 1. The van der Waals surface area contributed by atoms with Crippen molar-refractivity contribution in [2.75, 3.05) is 26.2 Å². The number of hydrogen-bond acceptors (Lipinski definition) is 5. The summed E-state index contributed by atoms with van der Waals surface area (Å²) < 4.78 is 6.19. The molecule has 0 unspecified atom stereocenters. The number of aromatic nitrogens is 1. The van der Waals surface area contributed by atoms with Crippen LogP contribution < -0.4 is 0 Å². The molecule has 6 rings (SSSR count). The zero-order valence-corrected chi connectivity index (χ0v) is 19.2. The van der Waals surface area contributed by atoms with Crippen molar-refractivity contribution in [3.63, 3.8) is 0 Å². The molecule has 0 N–H and O–H groups in total. The van der Waals surface area contributed by atoms with Gasteiger partial charge < -0.3 is 9.32 Å². The first-order valence-corrected chi connectivity index (χ1v) is 12.4. The van der Waals surface area contributed by atoms with Crippen molar-refractivity contribution in [3.8, 4) is 10.6 Å². The van der Waals surface area contributed by atoms with Crippen LogP contribution in [0.3, 0.4) is 0 Å². The molecule has 164 valence electrons. The molecule has 0 atom stereocenters. The van der Waals surface area contributed by atoms with E-state index in [2.05, 4.69) is 17.0 Å². The van der Waals surface area contributed by atoms with Gasteiger partial charge in [0, 0.05) is 43.0 Å². The van der Waals surface area contributed by atoms with Crippen LogP contribution in [0.15, 0.2) is 46.9 Å². The van der Waals surface area contributed by atoms with E-state index in [4.69, 9.17) is 9.40 Å². The zero-order valence-electron chi connectivity index (χ0n) is 18.3. The summed E-state index contributed by atoms with van der Waals surface area (Å²) in [5.74, 6) is 0.120. The van der Waals surface area contributed by atoms with Crippen LogP contribution in [0.5, 0.6) is 0 Å². The van der Waals surface area contributed by atoms with Crippen molar-refractivity contribution in [2.24, 2.45) is 0 Å². The lowest BCUT2D eigenvalue weighted by molar-refractivity contribution is 0.0577. The monoisotopic (exact) mass is 445 g/mol. The molecule has 2 aliphatic rings. The Kier molecular flexibility index (Phi) is 5.00. The minimum Gasteiger partial charge on any atom is -0.455 e. The Hall–Kier alpha value is -2.70. The fourth-order valence-electron chi connectivity index (χ4n) is 5.33. The van der Waals surface area contributed by atoms with E-state index in [1.807, 2.05) is 42.2 Å². The van der Waals surface area contributed by atoms with Crippen LogP contribution in [-0.4, -0.2) is 52.9 Å². The molecule has 0 spiro atoms. The van der Waals surface area contributed by atoms with Crippen LogP contribution in [0.1, 0.15) is 41.0 Å². The van der Waals surface area contributed by atoms with Gasteiger partial charge in [0.1, 0.15) is 21.1 Å². The van der Waals surface area contributed by atoms with E-state index < -0.39 is 0 Å². The summed E-state index contributed by atoms with van der Waals surface area (Å²) in [6, 6.07) is 15.0. The van der Waals surface area contributed by atoms with Crippen LogP contribution in [0.25, 0.3) is 32.5 Å². The van der Waals surface area contributed by atoms with Crippen molar-refractivity contribution in [2.45, 2.75) is 38.6 Å². The quantitative estimate of drug-likeness (QED) is 0.405. The topological polar surface area (TPSA) is 49.6 Å². The van der Waals surface area contributed by atoms with Gasteiger partial charge in [0.2, 0.25) is 0 Å². The van der Waals surface area contributed by atoms with Crippen LogP contribution in [0.4, 0.5) is 0 Å². The number of piperazine rings is 1. The number of carbonyl (C=O) groups is 1. The van der Waals surface area contributed by atoms with Gasteiger partial charge in [-0.3, -0.25) is 9.69 Å². The van der Waals surface area contributed by atoms with Crippen molar-refractivity contribution in [1.82, 2.24) is 14.8 Å². The highest BCUT2D eigenvalue weighted by atomic mass is 32.1. The SMILES string of the molecule is Cc1nc(-c2cccc3c2oc2ccccc23)sc1C(=O)N1CCN(C2CCCC2)CC1. The van der Waals surface area contributed by atoms with Gasteiger partial charge in [-0.1, -0.05) is 43.2 Å². The predicted molar refractivity (Wildman–Crippen MR) is 129 cm³/mol. The third-order valence-electron chi connectivity index (χ3n) is 7.07. The fraction of sp³-hybridized carbons (Fsp3) is 0.385. The standard InChI is InChI=1S/C26H27N3O2S/c1-17-24(26(30)29-15-13-28(14-16-29)18-7-2-3-8-18)32-25(27-17)21-11-6-10-20-19-9-4-5-12-22(19)31-23(20)21/h4-6,9-12,18H,2-3,7-8,13-16H2,1H3. The second-order valence-corrected chi connectivity index (χ2v) is 9.98. The molecule has 0 radical (unpaired) electrons. The van der Waals surface area contributed by atoms with Gasteiger partial charge >= 0.3 is 0 Å². The predicted octanol–water partition coefficient (Wildman–Crippen LogP) is 5.72. The molecule has 2 aromatic heterocycles. The van der Waals surface area contributed by atoms with Crippen LogP contribution >= 0.6 is 11.3 Å². The number of nitrogens with zero attached hydrogens (tertiary/aromatic N) is 3. The molecule has 6 heteroatoms. The maximum atomic E-state index is 13.4. The molecule has 1 aliphatic heterocycles. The molecule has 4 aromatic rings. The molecule has 2 fully saturated rings. The Labute approximate surface area is 191 Å². The minimum atomic E-state index is 0.120. The van der Waals surface area contributed by atoms with E-state index in [0.29, 0.717) is 0 Å². The fourth-order valence-corrected chi connectivity index (χ4v) is 6.39. The van der Waals surface area contributed by atoms with E-state index in [1.54, 1.807) is 0 Å². The maximum absolute atomic E-state index is 13.4. The lowest BCUT2D eigenvalue weighted by Gasteiger charge is -2.37. The summed E-state index contributed by atoms with van der Waals surface area (Å²) in [7, 11) is 0. The Balaban J connectivity index is 1.27. The Morgan fingerprint density at radius 3 is 2.56 bits per heavy atom. The molecule has 1 saturated heterocycles. The van der Waals surface area contributed by atoms with Gasteiger partial charge in [-0.2, -0.15) is 0 Å². The van der Waals surface area contributed by atoms with Gasteiger partial charge in [0.25, 0.3) is 5.91 Å². The average molecular weight is 446 g/mol. The smallest absolute Gasteiger partial charge is 0.265 e. The summed E-state index contributed by atoms with van der Waals surface area (Å²) in [5, 5.41) is 3.04. The van der Waals surface area contributed by atoms with Crippen LogP contribution in [0, 0.1) is 6.92 Å². The molecule has 1 aliphatic carbocycles. The van der Waals surface area contributed by atoms with Gasteiger partial charge in [0.15, 0.2) is 0 Å². The van der Waals surface area contributed by atoms with E-state index in [0.717, 1.165) is 75.3 Å². The second kappa shape index (κ2) is 8.01. The van der Waals surface area contributed by atoms with Gasteiger partial charge in [0.05, 0.1) is 11.3 Å². The molecule has 1 saturated carbocycles. The lowest BCUT2D eigenvalue weighted by atomic mass is 10.1. The highest BCUT2D eigenvalue weighted by Gasteiger charge is 2.30. The number of aryl methyl sites for hydroxylation is 1. The van der Waals surface area contributed by atoms with Gasteiger partial charge in [-0.15, -0.1) is 11.3 Å². The van der Waals surface area contributed by atoms with E-state index >= 15 is 0 Å². The Bertz CT molecular complexity index is 1290. The Morgan fingerprint density at radius 2 is 1.75 bits per heavy atom. The number of para-hydroxylation sites is 2. The second-order valence-electron chi connectivity index (χ2n) is 8.98. The third kappa shape index (κ3) is 3.33. The number of benzene rings is 2. The molecular weight excluding hydrogens is 418 g/mol. The maximum Gasteiger partial charge on any atom is 0.265 e. The Morgan fingerprint density at radius 1 is 1.00 bits per heavy atom. The lowest BCUT2D eigenvalue weighted by Crippen LogP contribution is -2.51. The largest absolute Gasteiger partial charge is 0.455 e. The highest BCUT2D eigenvalue weighted by molar-refractivity contribution is 7.17. The summed E-state index contributed by atoms with van der Waals surface area (Å²) in [4.78, 5) is 23.5. The van der Waals surface area contributed by atoms with E-state index in [-0.39, 0.29) is 5.91 Å². The normalized spacial score (nSPS) is 18.2. The molecule has 3 heterocycles. The number of rotatable bonds is 3. The third-order valence-corrected chi connectivity index (χ3v) is 8.25. The number of hydrogen-bond donors (Lipinski definition) is 0. The summed E-state index contributed by atoms with van der Waals surface area (Å²) >= 11 is 1.49. The number of fused-ring (bicyclic) bond motifs is 3. The van der Waals surface area contributed by atoms with Gasteiger partial charge in [-0.25, -0.2) is 4.98 Å². The molecule has 5 nitrogen and oxygen atoms in total. The zero-order chi connectivity index (χ0) is 21.7. The number of furan rings is 1. The van der Waals surface area contributed by atoms with E-state index in [9.17, 15) is 4.79 Å². The first kappa shape index (κ1) is 19.9. The molecule has 32 heavy (non-hydrogen) atoms. The number of amides is 1. The molecular formula is C26H27N3O2S. The van der Waals surface area contributed by atoms with Crippen molar-refractivity contribution in [3.05, 3.63) is 53.0 Å². The summed E-state index contributed by atoms with van der Waals surface area (Å²) in [6.07, 6.45) is 5.34. The summed E-state index contributed by atoms with van der Waals surface area (Å²) in [6.45, 7) is 5.53. The van der Waals surface area contributed by atoms with Crippen LogP contribution in [0.2, 0.25) is 0 Å². The molecule has 1 amide bonds. The average Bonchev–Trinajstić information content (AvgIpc) is 3.57. The summed E-state index contributed by atoms with van der Waals surface area (Å²) in [5.41, 5.74) is 3.48. The van der Waals surface area contributed by atoms with Crippen LogP contribution in [-0.2, 0) is 0 Å². The van der Waals surface area contributed by atoms with Crippen molar-refractivity contribution >= 4 is 39.2 Å². The minimum absolute atomic E-state index is 0.120. The van der Waals surface area contributed by atoms with E-state index in [1.165, 1.54) is 37.0 Å². The first-order chi connectivity index (χ1) is 15.7. The van der Waals surface area contributed by atoms with Crippen molar-refractivity contribution in [1.29, 1.82) is 0 Å². The van der Waals surface area contributed by atoms with Gasteiger partial charge in [-0.05, 0) is 31.9 Å². The highest BCUT2D eigenvalue weighted by Crippen LogP contribution is 2.38. The molecule has 0 bridgehead atoms. The first-order valence-electron chi connectivity index (χ1n) is 11.6. The van der Waals surface area contributed by atoms with Crippen molar-refractivity contribution < 1.29 is 9.21 Å².